The highest BCUT2D eigenvalue weighted by Gasteiger charge is 2.41. The van der Waals surface area contributed by atoms with Crippen molar-refractivity contribution in [2.45, 2.75) is 37.9 Å². The largest absolute Gasteiger partial charge is 0.433 e. The number of carbonyl (C=O) groups is 1. The van der Waals surface area contributed by atoms with Gasteiger partial charge in [-0.3, -0.25) is 9.69 Å². The number of hydrogen-bond donors (Lipinski definition) is 0. The Morgan fingerprint density at radius 3 is 2.78 bits per heavy atom. The summed E-state index contributed by atoms with van der Waals surface area (Å²) >= 11 is 0. The van der Waals surface area contributed by atoms with Crippen molar-refractivity contribution in [3.63, 3.8) is 0 Å². The van der Waals surface area contributed by atoms with E-state index >= 15 is 0 Å². The van der Waals surface area contributed by atoms with Gasteiger partial charge in [0, 0.05) is 42.9 Å². The maximum Gasteiger partial charge on any atom is 0.433 e. The number of halogens is 3. The molecule has 3 aromatic rings. The van der Waals surface area contributed by atoms with E-state index in [0.717, 1.165) is 36.0 Å². The van der Waals surface area contributed by atoms with E-state index in [1.165, 1.54) is 6.07 Å². The molecule has 1 atom stereocenters. The third kappa shape index (κ3) is 3.02. The van der Waals surface area contributed by atoms with Crippen molar-refractivity contribution >= 4 is 11.6 Å². The van der Waals surface area contributed by atoms with Crippen LogP contribution in [0.25, 0.3) is 16.9 Å². The normalized spacial score (nSPS) is 20.8. The fourth-order valence-corrected chi connectivity index (χ4v) is 5.46. The van der Waals surface area contributed by atoms with Crippen LogP contribution in [0.1, 0.15) is 40.2 Å². The molecule has 0 saturated carbocycles. The Bertz CT molecular complexity index is 1230. The van der Waals surface area contributed by atoms with E-state index in [-0.39, 0.29) is 29.2 Å². The van der Waals surface area contributed by atoms with Gasteiger partial charge in [-0.1, -0.05) is 24.3 Å². The molecule has 1 aromatic carbocycles. The lowest BCUT2D eigenvalue weighted by molar-refractivity contribution is -0.143. The van der Waals surface area contributed by atoms with Crippen molar-refractivity contribution < 1.29 is 18.0 Å². The number of amides is 1. The molecular weight excluding hydrogens is 419 g/mol. The second-order valence-corrected chi connectivity index (χ2v) is 8.83. The van der Waals surface area contributed by atoms with E-state index in [4.69, 9.17) is 0 Å². The summed E-state index contributed by atoms with van der Waals surface area (Å²) in [4.78, 5) is 21.8. The van der Waals surface area contributed by atoms with E-state index in [1.54, 1.807) is 17.0 Å². The average Bonchev–Trinajstić information content (AvgIpc) is 3.42. The predicted octanol–water partition coefficient (Wildman–Crippen LogP) is 3.43. The molecule has 32 heavy (non-hydrogen) atoms. The number of fused-ring (bicyclic) bond motifs is 5. The molecule has 0 N–H and O–H groups in total. The summed E-state index contributed by atoms with van der Waals surface area (Å²) in [6.07, 6.45) is -1.71. The summed E-state index contributed by atoms with van der Waals surface area (Å²) in [6.45, 7) is 3.00. The third-order valence-electron chi connectivity index (χ3n) is 6.98. The van der Waals surface area contributed by atoms with Gasteiger partial charge in [-0.05, 0) is 37.8 Å². The van der Waals surface area contributed by atoms with Crippen LogP contribution >= 0.6 is 0 Å². The van der Waals surface area contributed by atoms with Gasteiger partial charge >= 0.3 is 6.18 Å². The molecule has 9 heteroatoms. The van der Waals surface area contributed by atoms with Crippen LogP contribution < -0.4 is 0 Å². The molecule has 2 saturated heterocycles. The first-order valence-electron chi connectivity index (χ1n) is 11.0. The van der Waals surface area contributed by atoms with Crippen LogP contribution in [0.3, 0.4) is 0 Å². The highest BCUT2D eigenvalue weighted by molar-refractivity contribution is 5.93. The monoisotopic (exact) mass is 441 g/mol. The lowest BCUT2D eigenvalue weighted by Gasteiger charge is -2.37. The standard InChI is InChI=1S/C23H22F3N5O/c24-23(25,26)21-17-8-7-14-4-1-2-6-16(14)20(17)27-19-12-18(28-31(19)21)22(32)30-11-10-29-9-3-5-15(29)13-30/h1-2,4,6,12,15H,3,5,7-11,13H2/t15-/m1/s1. The first-order valence-corrected chi connectivity index (χ1v) is 11.0. The minimum absolute atomic E-state index is 0.0186. The van der Waals surface area contributed by atoms with Gasteiger partial charge in [0.2, 0.25) is 0 Å². The Morgan fingerprint density at radius 2 is 1.94 bits per heavy atom. The molecule has 0 radical (unpaired) electrons. The van der Waals surface area contributed by atoms with Crippen LogP contribution in [-0.2, 0) is 19.0 Å². The molecule has 6 rings (SSSR count). The molecule has 2 aliphatic heterocycles. The SMILES string of the molecule is O=C(c1cc2nc3c(c(C(F)(F)F)n2n1)CCc1ccccc1-3)N1CCN2CCC[C@@H]2C1. The van der Waals surface area contributed by atoms with Crippen molar-refractivity contribution in [3.05, 3.63) is 52.8 Å². The Morgan fingerprint density at radius 1 is 1.09 bits per heavy atom. The minimum atomic E-state index is -4.61. The van der Waals surface area contributed by atoms with Crippen molar-refractivity contribution in [1.82, 2.24) is 24.4 Å². The summed E-state index contributed by atoms with van der Waals surface area (Å²) in [5, 5.41) is 4.13. The van der Waals surface area contributed by atoms with Crippen molar-refractivity contribution in [3.8, 4) is 11.3 Å². The van der Waals surface area contributed by atoms with E-state index in [1.807, 2.05) is 12.1 Å². The first kappa shape index (κ1) is 19.7. The third-order valence-corrected chi connectivity index (χ3v) is 6.98. The summed E-state index contributed by atoms with van der Waals surface area (Å²) in [5.41, 5.74) is 1.42. The van der Waals surface area contributed by atoms with Crippen molar-refractivity contribution in [2.75, 3.05) is 26.2 Å². The van der Waals surface area contributed by atoms with E-state index < -0.39 is 11.9 Å². The van der Waals surface area contributed by atoms with E-state index in [2.05, 4.69) is 15.0 Å². The maximum atomic E-state index is 14.2. The van der Waals surface area contributed by atoms with Crippen LogP contribution in [-0.4, -0.2) is 62.5 Å². The molecule has 2 aromatic heterocycles. The minimum Gasteiger partial charge on any atom is -0.334 e. The number of aryl methyl sites for hydroxylation is 1. The predicted molar refractivity (Wildman–Crippen MR) is 111 cm³/mol. The summed E-state index contributed by atoms with van der Waals surface area (Å²) in [5.74, 6) is -0.325. The number of benzene rings is 1. The zero-order valence-corrected chi connectivity index (χ0v) is 17.4. The van der Waals surface area contributed by atoms with Crippen LogP contribution in [0.5, 0.6) is 0 Å². The highest BCUT2D eigenvalue weighted by Crippen LogP contribution is 2.40. The Hall–Kier alpha value is -2.94. The van der Waals surface area contributed by atoms with Gasteiger partial charge in [0.25, 0.3) is 5.91 Å². The zero-order valence-electron chi connectivity index (χ0n) is 17.4. The number of aromatic nitrogens is 3. The molecule has 3 aliphatic rings. The highest BCUT2D eigenvalue weighted by atomic mass is 19.4. The molecule has 2 fully saturated rings. The van der Waals surface area contributed by atoms with E-state index in [9.17, 15) is 18.0 Å². The second-order valence-electron chi connectivity index (χ2n) is 8.83. The van der Waals surface area contributed by atoms with Crippen LogP contribution in [0.4, 0.5) is 13.2 Å². The summed E-state index contributed by atoms with van der Waals surface area (Å²) in [6, 6.07) is 9.15. The van der Waals surface area contributed by atoms with Crippen molar-refractivity contribution in [2.24, 2.45) is 0 Å². The number of hydrogen-bond acceptors (Lipinski definition) is 4. The van der Waals surface area contributed by atoms with Gasteiger partial charge in [-0.15, -0.1) is 0 Å². The number of rotatable bonds is 1. The van der Waals surface area contributed by atoms with Crippen LogP contribution in [0.15, 0.2) is 30.3 Å². The Balaban J connectivity index is 1.45. The van der Waals surface area contributed by atoms with E-state index in [0.29, 0.717) is 36.8 Å². The maximum absolute atomic E-state index is 14.2. The smallest absolute Gasteiger partial charge is 0.334 e. The topological polar surface area (TPSA) is 53.7 Å². The number of nitrogens with zero attached hydrogens (tertiary/aromatic N) is 5. The molecule has 1 amide bonds. The fraction of sp³-hybridized carbons (Fsp3) is 0.435. The van der Waals surface area contributed by atoms with Gasteiger partial charge < -0.3 is 4.90 Å². The molecular formula is C23H22F3N5O. The quantitative estimate of drug-likeness (QED) is 0.581. The van der Waals surface area contributed by atoms with Gasteiger partial charge in [-0.25, -0.2) is 9.50 Å². The molecule has 1 aliphatic carbocycles. The van der Waals surface area contributed by atoms with Crippen molar-refractivity contribution in [1.29, 1.82) is 0 Å². The van der Waals surface area contributed by atoms with Gasteiger partial charge in [0.05, 0.1) is 5.69 Å². The van der Waals surface area contributed by atoms with Crippen LogP contribution in [0.2, 0.25) is 0 Å². The first-order chi connectivity index (χ1) is 15.4. The van der Waals surface area contributed by atoms with Crippen LogP contribution in [0, 0.1) is 0 Å². The Labute approximate surface area is 182 Å². The molecule has 0 spiro atoms. The molecule has 6 nitrogen and oxygen atoms in total. The Kier molecular flexibility index (Phi) is 4.33. The fourth-order valence-electron chi connectivity index (χ4n) is 5.46. The number of carbonyl (C=O) groups excluding carboxylic acids is 1. The summed E-state index contributed by atoms with van der Waals surface area (Å²) < 4.78 is 43.4. The lowest BCUT2D eigenvalue weighted by atomic mass is 9.88. The zero-order chi connectivity index (χ0) is 22.0. The van der Waals surface area contributed by atoms with Gasteiger partial charge in [0.15, 0.2) is 17.0 Å². The number of alkyl halides is 3. The molecule has 0 bridgehead atoms. The number of piperazine rings is 1. The molecule has 0 unspecified atom stereocenters. The summed E-state index contributed by atoms with van der Waals surface area (Å²) in [7, 11) is 0. The molecule has 166 valence electrons. The average molecular weight is 441 g/mol. The lowest BCUT2D eigenvalue weighted by Crippen LogP contribution is -2.52. The second kappa shape index (κ2) is 7.03. The molecule has 4 heterocycles. The van der Waals surface area contributed by atoms with Gasteiger partial charge in [0.1, 0.15) is 0 Å². The van der Waals surface area contributed by atoms with Gasteiger partial charge in [-0.2, -0.15) is 18.3 Å².